The summed E-state index contributed by atoms with van der Waals surface area (Å²) < 4.78 is 13.4. The van der Waals surface area contributed by atoms with Gasteiger partial charge in [0.1, 0.15) is 0 Å². The molecule has 0 aliphatic rings. The van der Waals surface area contributed by atoms with Crippen LogP contribution in [0, 0.1) is 5.95 Å². The first-order valence-corrected chi connectivity index (χ1v) is 4.54. The summed E-state index contributed by atoms with van der Waals surface area (Å²) in [6.07, 6.45) is 4.18. The summed E-state index contributed by atoms with van der Waals surface area (Å²) in [5.41, 5.74) is 6.02. The van der Waals surface area contributed by atoms with Crippen molar-refractivity contribution in [2.24, 2.45) is 5.73 Å². The van der Waals surface area contributed by atoms with Crippen molar-refractivity contribution < 1.29 is 9.18 Å². The molecule has 0 aliphatic carbocycles. The summed E-state index contributed by atoms with van der Waals surface area (Å²) in [5.74, 6) is -1.30. The predicted molar refractivity (Wildman–Crippen MR) is 55.9 cm³/mol. The van der Waals surface area contributed by atoms with Gasteiger partial charge in [-0.15, -0.1) is 0 Å². The van der Waals surface area contributed by atoms with Crippen molar-refractivity contribution in [3.05, 3.63) is 48.3 Å². The van der Waals surface area contributed by atoms with E-state index in [0.29, 0.717) is 5.56 Å². The summed E-state index contributed by atoms with van der Waals surface area (Å²) in [5, 5.41) is 0. The zero-order chi connectivity index (χ0) is 11.5. The SMILES string of the molecule is NC(=O)c1cnc(F)c(-c2cccnc2)c1. The van der Waals surface area contributed by atoms with Gasteiger partial charge in [0.2, 0.25) is 11.9 Å². The lowest BCUT2D eigenvalue weighted by Gasteiger charge is -2.03. The van der Waals surface area contributed by atoms with Crippen LogP contribution >= 0.6 is 0 Å². The van der Waals surface area contributed by atoms with Crippen molar-refractivity contribution in [2.75, 3.05) is 0 Å². The van der Waals surface area contributed by atoms with Crippen molar-refractivity contribution in [3.63, 3.8) is 0 Å². The molecule has 0 aromatic carbocycles. The molecule has 0 fully saturated rings. The topological polar surface area (TPSA) is 68.9 Å². The number of aromatic nitrogens is 2. The van der Waals surface area contributed by atoms with E-state index in [-0.39, 0.29) is 11.1 Å². The Labute approximate surface area is 91.0 Å². The van der Waals surface area contributed by atoms with Crippen LogP contribution < -0.4 is 5.73 Å². The van der Waals surface area contributed by atoms with Crippen molar-refractivity contribution in [1.29, 1.82) is 0 Å². The van der Waals surface area contributed by atoms with Crippen LogP contribution in [0.25, 0.3) is 11.1 Å². The molecule has 2 rings (SSSR count). The minimum atomic E-state index is -0.655. The van der Waals surface area contributed by atoms with Gasteiger partial charge in [-0.25, -0.2) is 4.98 Å². The number of hydrogen-bond donors (Lipinski definition) is 1. The second-order valence-corrected chi connectivity index (χ2v) is 3.17. The van der Waals surface area contributed by atoms with Gasteiger partial charge in [-0.05, 0) is 12.1 Å². The summed E-state index contributed by atoms with van der Waals surface area (Å²) in [7, 11) is 0. The molecular weight excluding hydrogens is 209 g/mol. The number of nitrogens with two attached hydrogens (primary N) is 1. The van der Waals surface area contributed by atoms with E-state index in [1.807, 2.05) is 0 Å². The zero-order valence-electron chi connectivity index (χ0n) is 8.22. The van der Waals surface area contributed by atoms with E-state index < -0.39 is 11.9 Å². The van der Waals surface area contributed by atoms with Gasteiger partial charge in [-0.1, -0.05) is 6.07 Å². The fourth-order valence-electron chi connectivity index (χ4n) is 1.31. The van der Waals surface area contributed by atoms with Gasteiger partial charge in [0.25, 0.3) is 0 Å². The van der Waals surface area contributed by atoms with Crippen LogP contribution in [0.5, 0.6) is 0 Å². The van der Waals surface area contributed by atoms with Crippen LogP contribution in [0.4, 0.5) is 4.39 Å². The average molecular weight is 217 g/mol. The second-order valence-electron chi connectivity index (χ2n) is 3.17. The van der Waals surface area contributed by atoms with E-state index in [4.69, 9.17) is 5.73 Å². The van der Waals surface area contributed by atoms with E-state index in [2.05, 4.69) is 9.97 Å². The maximum Gasteiger partial charge on any atom is 0.250 e. The number of nitrogens with zero attached hydrogens (tertiary/aromatic N) is 2. The summed E-state index contributed by atoms with van der Waals surface area (Å²) >= 11 is 0. The number of pyridine rings is 2. The highest BCUT2D eigenvalue weighted by Gasteiger charge is 2.10. The fourth-order valence-corrected chi connectivity index (χ4v) is 1.31. The van der Waals surface area contributed by atoms with Gasteiger partial charge in [0, 0.05) is 29.7 Å². The van der Waals surface area contributed by atoms with Crippen LogP contribution in [0.1, 0.15) is 10.4 Å². The van der Waals surface area contributed by atoms with E-state index in [0.717, 1.165) is 6.20 Å². The van der Waals surface area contributed by atoms with E-state index in [1.54, 1.807) is 18.3 Å². The third kappa shape index (κ3) is 1.88. The fraction of sp³-hybridized carbons (Fsp3) is 0. The van der Waals surface area contributed by atoms with E-state index in [9.17, 15) is 9.18 Å². The number of carbonyl (C=O) groups is 1. The number of amides is 1. The van der Waals surface area contributed by atoms with Gasteiger partial charge in [0.05, 0.1) is 5.56 Å². The zero-order valence-corrected chi connectivity index (χ0v) is 8.22. The molecule has 2 aromatic heterocycles. The normalized spacial score (nSPS) is 10.1. The van der Waals surface area contributed by atoms with Crippen LogP contribution in [-0.4, -0.2) is 15.9 Å². The monoisotopic (exact) mass is 217 g/mol. The number of carbonyl (C=O) groups excluding carboxylic acids is 1. The molecule has 0 bridgehead atoms. The predicted octanol–water partition coefficient (Wildman–Crippen LogP) is 1.38. The Morgan fingerprint density at radius 1 is 1.38 bits per heavy atom. The molecule has 2 N–H and O–H groups in total. The maximum absolute atomic E-state index is 13.4. The molecule has 16 heavy (non-hydrogen) atoms. The first-order chi connectivity index (χ1) is 7.68. The Balaban J connectivity index is 2.56. The molecule has 0 unspecified atom stereocenters. The smallest absolute Gasteiger partial charge is 0.250 e. The Hall–Kier alpha value is -2.30. The Morgan fingerprint density at radius 3 is 2.81 bits per heavy atom. The summed E-state index contributed by atoms with van der Waals surface area (Å²) in [4.78, 5) is 18.3. The quantitative estimate of drug-likeness (QED) is 0.772. The van der Waals surface area contributed by atoms with Gasteiger partial charge in [0.15, 0.2) is 0 Å². The van der Waals surface area contributed by atoms with Crippen molar-refractivity contribution in [2.45, 2.75) is 0 Å². The van der Waals surface area contributed by atoms with E-state index >= 15 is 0 Å². The summed E-state index contributed by atoms with van der Waals surface area (Å²) in [6, 6.07) is 4.71. The van der Waals surface area contributed by atoms with Crippen LogP contribution in [-0.2, 0) is 0 Å². The van der Waals surface area contributed by atoms with Crippen molar-refractivity contribution >= 4 is 5.91 Å². The third-order valence-electron chi connectivity index (χ3n) is 2.10. The molecule has 2 aromatic rings. The number of hydrogen-bond acceptors (Lipinski definition) is 3. The third-order valence-corrected chi connectivity index (χ3v) is 2.10. The Kier molecular flexibility index (Phi) is 2.59. The Morgan fingerprint density at radius 2 is 2.19 bits per heavy atom. The molecule has 0 aliphatic heterocycles. The molecule has 0 atom stereocenters. The van der Waals surface area contributed by atoms with Crippen LogP contribution in [0.3, 0.4) is 0 Å². The summed E-state index contributed by atoms with van der Waals surface area (Å²) in [6.45, 7) is 0. The molecule has 80 valence electrons. The highest BCUT2D eigenvalue weighted by Crippen LogP contribution is 2.21. The average Bonchev–Trinajstić information content (AvgIpc) is 2.30. The minimum Gasteiger partial charge on any atom is -0.366 e. The molecule has 5 heteroatoms. The van der Waals surface area contributed by atoms with Crippen molar-refractivity contribution in [3.8, 4) is 11.1 Å². The van der Waals surface area contributed by atoms with Crippen LogP contribution in [0.15, 0.2) is 36.8 Å². The molecule has 0 radical (unpaired) electrons. The minimum absolute atomic E-state index is 0.167. The lowest BCUT2D eigenvalue weighted by molar-refractivity contribution is 0.1000. The maximum atomic E-state index is 13.4. The molecule has 2 heterocycles. The standard InChI is InChI=1S/C11H8FN3O/c12-10-9(7-2-1-3-14-5-7)4-8(6-15-10)11(13)16/h1-6H,(H2,13,16). The molecule has 4 nitrogen and oxygen atoms in total. The van der Waals surface area contributed by atoms with Gasteiger partial charge < -0.3 is 5.73 Å². The number of primary amides is 1. The highest BCUT2D eigenvalue weighted by atomic mass is 19.1. The van der Waals surface area contributed by atoms with Gasteiger partial charge in [-0.2, -0.15) is 4.39 Å². The van der Waals surface area contributed by atoms with Crippen LogP contribution in [0.2, 0.25) is 0 Å². The van der Waals surface area contributed by atoms with E-state index in [1.165, 1.54) is 12.3 Å². The molecule has 1 amide bonds. The molecule has 0 spiro atoms. The van der Waals surface area contributed by atoms with Crippen molar-refractivity contribution in [1.82, 2.24) is 9.97 Å². The number of rotatable bonds is 2. The lowest BCUT2D eigenvalue weighted by atomic mass is 10.1. The lowest BCUT2D eigenvalue weighted by Crippen LogP contribution is -2.11. The first-order valence-electron chi connectivity index (χ1n) is 4.54. The first kappa shape index (κ1) is 10.2. The number of halogens is 1. The molecule has 0 saturated carbocycles. The molecular formula is C11H8FN3O. The second kappa shape index (κ2) is 4.06. The molecule has 0 saturated heterocycles. The largest absolute Gasteiger partial charge is 0.366 e. The van der Waals surface area contributed by atoms with Gasteiger partial charge in [-0.3, -0.25) is 9.78 Å². The Bertz CT molecular complexity index is 528. The van der Waals surface area contributed by atoms with Gasteiger partial charge >= 0.3 is 0 Å². The highest BCUT2D eigenvalue weighted by molar-refractivity contribution is 5.93.